The zero-order chi connectivity index (χ0) is 20.0. The van der Waals surface area contributed by atoms with Crippen molar-refractivity contribution in [3.05, 3.63) is 29.8 Å². The maximum Gasteiger partial charge on any atom is 0.337 e. The average molecular weight is 372 g/mol. The van der Waals surface area contributed by atoms with Gasteiger partial charge in [0.15, 0.2) is 0 Å². The fourth-order valence-corrected chi connectivity index (χ4v) is 2.82. The molecule has 1 saturated heterocycles. The normalized spacial score (nSPS) is 18.3. The van der Waals surface area contributed by atoms with Crippen molar-refractivity contribution in [1.82, 2.24) is 9.80 Å². The second-order valence-electron chi connectivity index (χ2n) is 6.20. The molecule has 27 heavy (non-hydrogen) atoms. The van der Waals surface area contributed by atoms with Gasteiger partial charge in [-0.2, -0.15) is 5.26 Å². The monoisotopic (exact) mass is 372 g/mol. The summed E-state index contributed by atoms with van der Waals surface area (Å²) in [7, 11) is 2.74. The van der Waals surface area contributed by atoms with E-state index in [9.17, 15) is 24.4 Å². The largest absolute Gasteiger partial charge is 0.465 e. The molecular weight excluding hydrogens is 352 g/mol. The second kappa shape index (κ2) is 8.80. The van der Waals surface area contributed by atoms with Crippen molar-refractivity contribution < 1.29 is 23.9 Å². The number of nitrogens with one attached hydrogen (secondary N) is 1. The molecule has 1 N–H and O–H groups in total. The van der Waals surface area contributed by atoms with Crippen molar-refractivity contribution in [3.63, 3.8) is 0 Å². The van der Waals surface area contributed by atoms with Gasteiger partial charge in [-0.25, -0.2) is 4.79 Å². The molecule has 0 bridgehead atoms. The number of rotatable bonds is 6. The summed E-state index contributed by atoms with van der Waals surface area (Å²) < 4.78 is 4.61. The van der Waals surface area contributed by atoms with Crippen LogP contribution in [0.15, 0.2) is 24.3 Å². The predicted octanol–water partition coefficient (Wildman–Crippen LogP) is 0.241. The molecule has 1 heterocycles. The van der Waals surface area contributed by atoms with Crippen molar-refractivity contribution in [2.24, 2.45) is 5.92 Å². The van der Waals surface area contributed by atoms with Crippen LogP contribution in [-0.4, -0.2) is 67.3 Å². The summed E-state index contributed by atoms with van der Waals surface area (Å²) >= 11 is 0. The molecule has 2 rings (SSSR count). The minimum Gasteiger partial charge on any atom is -0.465 e. The maximum absolute atomic E-state index is 12.5. The number of benzene rings is 1. The summed E-state index contributed by atoms with van der Waals surface area (Å²) in [4.78, 5) is 49.3. The minimum atomic E-state index is -0.713. The van der Waals surface area contributed by atoms with Crippen LogP contribution in [0.3, 0.4) is 0 Å². The zero-order valence-electron chi connectivity index (χ0n) is 15.0. The van der Waals surface area contributed by atoms with E-state index in [2.05, 4.69) is 10.1 Å². The Morgan fingerprint density at radius 3 is 2.59 bits per heavy atom. The SMILES string of the molecule is COC(=O)c1ccc(NC(=O)C2CC(C#N)N(C(=O)CN(C)C=O)C2)cc1. The van der Waals surface area contributed by atoms with Crippen LogP contribution in [0.25, 0.3) is 0 Å². The Labute approximate surface area is 156 Å². The van der Waals surface area contributed by atoms with Crippen LogP contribution in [0.2, 0.25) is 0 Å². The molecule has 3 amide bonds. The van der Waals surface area contributed by atoms with E-state index in [4.69, 9.17) is 0 Å². The fourth-order valence-electron chi connectivity index (χ4n) is 2.82. The summed E-state index contributed by atoms with van der Waals surface area (Å²) in [6.45, 7) is -0.0408. The van der Waals surface area contributed by atoms with Crippen LogP contribution >= 0.6 is 0 Å². The summed E-state index contributed by atoms with van der Waals surface area (Å²) in [5, 5.41) is 12.0. The van der Waals surface area contributed by atoms with Gasteiger partial charge in [0.25, 0.3) is 0 Å². The van der Waals surface area contributed by atoms with Gasteiger partial charge >= 0.3 is 5.97 Å². The van der Waals surface area contributed by atoms with E-state index in [1.807, 2.05) is 6.07 Å². The maximum atomic E-state index is 12.5. The fraction of sp³-hybridized carbons (Fsp3) is 0.389. The van der Waals surface area contributed by atoms with Crippen LogP contribution in [0.4, 0.5) is 5.69 Å². The van der Waals surface area contributed by atoms with E-state index in [1.165, 1.54) is 36.1 Å². The lowest BCUT2D eigenvalue weighted by Crippen LogP contribution is -2.41. The Morgan fingerprint density at radius 1 is 1.37 bits per heavy atom. The molecule has 2 unspecified atom stereocenters. The lowest BCUT2D eigenvalue weighted by Gasteiger charge is -2.21. The first-order valence-corrected chi connectivity index (χ1v) is 8.23. The Morgan fingerprint density at radius 2 is 2.04 bits per heavy atom. The Hall–Kier alpha value is -3.41. The highest BCUT2D eigenvalue weighted by Crippen LogP contribution is 2.25. The lowest BCUT2D eigenvalue weighted by molar-refractivity contribution is -0.135. The van der Waals surface area contributed by atoms with Crippen molar-refractivity contribution in [3.8, 4) is 6.07 Å². The molecular formula is C18H20N4O5. The summed E-state index contributed by atoms with van der Waals surface area (Å²) in [6.07, 6.45) is 0.747. The van der Waals surface area contributed by atoms with Gasteiger partial charge in [0.05, 0.1) is 31.2 Å². The Balaban J connectivity index is 2.00. The summed E-state index contributed by atoms with van der Waals surface area (Å²) in [5.41, 5.74) is 0.851. The highest BCUT2D eigenvalue weighted by Gasteiger charge is 2.38. The van der Waals surface area contributed by atoms with Gasteiger partial charge in [-0.1, -0.05) is 0 Å². The number of hydrogen-bond donors (Lipinski definition) is 1. The van der Waals surface area contributed by atoms with Crippen molar-refractivity contribution in [1.29, 1.82) is 5.26 Å². The molecule has 0 aliphatic carbocycles. The number of esters is 1. The van der Waals surface area contributed by atoms with Crippen LogP contribution in [0.1, 0.15) is 16.8 Å². The van der Waals surface area contributed by atoms with E-state index >= 15 is 0 Å². The number of anilines is 1. The average Bonchev–Trinajstić information content (AvgIpc) is 3.12. The van der Waals surface area contributed by atoms with Crippen LogP contribution < -0.4 is 5.32 Å². The quantitative estimate of drug-likeness (QED) is 0.564. The Kier molecular flexibility index (Phi) is 6.49. The minimum absolute atomic E-state index is 0.107. The summed E-state index contributed by atoms with van der Waals surface area (Å²) in [5.74, 6) is -1.72. The molecule has 0 spiro atoms. The number of amides is 3. The number of ether oxygens (including phenoxy) is 1. The van der Waals surface area contributed by atoms with Gasteiger partial charge < -0.3 is 19.9 Å². The Bertz CT molecular complexity index is 771. The predicted molar refractivity (Wildman–Crippen MR) is 94.3 cm³/mol. The third kappa shape index (κ3) is 4.82. The number of carbonyl (C=O) groups excluding carboxylic acids is 4. The molecule has 142 valence electrons. The molecule has 1 aliphatic heterocycles. The van der Waals surface area contributed by atoms with Gasteiger partial charge in [0.2, 0.25) is 18.2 Å². The molecule has 0 aromatic heterocycles. The molecule has 1 aromatic carbocycles. The molecule has 0 radical (unpaired) electrons. The van der Waals surface area contributed by atoms with Gasteiger partial charge in [-0.05, 0) is 30.7 Å². The molecule has 1 fully saturated rings. The highest BCUT2D eigenvalue weighted by atomic mass is 16.5. The third-order valence-corrected chi connectivity index (χ3v) is 4.28. The molecule has 1 aromatic rings. The van der Waals surface area contributed by atoms with Crippen molar-refractivity contribution in [2.45, 2.75) is 12.5 Å². The third-order valence-electron chi connectivity index (χ3n) is 4.28. The number of likely N-dealkylation sites (N-methyl/N-ethyl adjacent to an activating group) is 1. The van der Waals surface area contributed by atoms with Crippen LogP contribution in [0, 0.1) is 17.2 Å². The van der Waals surface area contributed by atoms with E-state index in [1.54, 1.807) is 12.1 Å². The van der Waals surface area contributed by atoms with E-state index in [0.29, 0.717) is 17.7 Å². The standard InChI is InChI=1S/C18H20N4O5/c1-21(11-23)10-16(24)22-9-13(7-15(22)8-19)17(25)20-14-5-3-12(4-6-14)18(26)27-2/h3-6,11,13,15H,7,9-10H2,1-2H3,(H,20,25). The second-order valence-corrected chi connectivity index (χ2v) is 6.20. The van der Waals surface area contributed by atoms with Gasteiger partial charge in [0, 0.05) is 19.3 Å². The molecule has 9 nitrogen and oxygen atoms in total. The lowest BCUT2D eigenvalue weighted by atomic mass is 10.1. The first-order valence-electron chi connectivity index (χ1n) is 8.23. The molecule has 0 saturated carbocycles. The molecule has 9 heteroatoms. The van der Waals surface area contributed by atoms with Crippen molar-refractivity contribution >= 4 is 29.9 Å². The zero-order valence-corrected chi connectivity index (χ0v) is 15.0. The molecule has 2 atom stereocenters. The van der Waals surface area contributed by atoms with Gasteiger partial charge in [-0.3, -0.25) is 14.4 Å². The van der Waals surface area contributed by atoms with Gasteiger partial charge in [-0.15, -0.1) is 0 Å². The smallest absolute Gasteiger partial charge is 0.337 e. The van der Waals surface area contributed by atoms with E-state index < -0.39 is 17.9 Å². The number of hydrogen-bond acceptors (Lipinski definition) is 6. The van der Waals surface area contributed by atoms with Crippen molar-refractivity contribution in [2.75, 3.05) is 32.6 Å². The first-order chi connectivity index (χ1) is 12.9. The number of nitriles is 1. The summed E-state index contributed by atoms with van der Waals surface area (Å²) in [6, 6.07) is 7.51. The number of methoxy groups -OCH3 is 1. The number of nitrogens with zero attached hydrogens (tertiary/aromatic N) is 3. The topological polar surface area (TPSA) is 120 Å². The van der Waals surface area contributed by atoms with Gasteiger partial charge in [0.1, 0.15) is 6.04 Å². The number of carbonyl (C=O) groups is 4. The van der Waals surface area contributed by atoms with Crippen LogP contribution in [-0.2, 0) is 19.1 Å². The van der Waals surface area contributed by atoms with Crippen LogP contribution in [0.5, 0.6) is 0 Å². The number of likely N-dealkylation sites (tertiary alicyclic amines) is 1. The van der Waals surface area contributed by atoms with E-state index in [-0.39, 0.29) is 31.3 Å². The first kappa shape index (κ1) is 19.9. The highest BCUT2D eigenvalue weighted by molar-refractivity contribution is 5.95. The van der Waals surface area contributed by atoms with E-state index in [0.717, 1.165) is 0 Å². The molecule has 1 aliphatic rings.